The molecule has 0 atom stereocenters. The van der Waals surface area contributed by atoms with E-state index in [9.17, 15) is 4.79 Å². The van der Waals surface area contributed by atoms with Crippen LogP contribution in [0.1, 0.15) is 44.9 Å². The van der Waals surface area contributed by atoms with Gasteiger partial charge in [-0.15, -0.1) is 0 Å². The zero-order valence-electron chi connectivity index (χ0n) is 13.9. The number of aromatic nitrogens is 4. The summed E-state index contributed by atoms with van der Waals surface area (Å²) in [6.45, 7) is 1.68. The molecule has 0 radical (unpaired) electrons. The molecule has 0 aromatic carbocycles. The number of carbonyl (C=O) groups excluding carboxylic acids is 1. The number of amides is 1. The number of fused-ring (bicyclic) bond motifs is 1. The molecule has 1 saturated heterocycles. The number of hydrogen-bond donors (Lipinski definition) is 2. The monoisotopic (exact) mass is 328 g/mol. The van der Waals surface area contributed by atoms with Gasteiger partial charge in [-0.2, -0.15) is 0 Å². The topological polar surface area (TPSA) is 86.8 Å². The van der Waals surface area contributed by atoms with Crippen LogP contribution in [0.5, 0.6) is 0 Å². The molecule has 2 N–H and O–H groups in total. The summed E-state index contributed by atoms with van der Waals surface area (Å²) >= 11 is 0. The highest BCUT2D eigenvalue weighted by molar-refractivity contribution is 5.82. The third-order valence-corrected chi connectivity index (χ3v) is 5.32. The summed E-state index contributed by atoms with van der Waals surface area (Å²) in [5.74, 6) is 1.45. The maximum absolute atomic E-state index is 12.6. The molecule has 2 aliphatic rings. The number of hydrogen-bond acceptors (Lipinski definition) is 5. The quantitative estimate of drug-likeness (QED) is 0.903. The lowest BCUT2D eigenvalue weighted by Gasteiger charge is -2.35. The molecular formula is C17H24N6O. The fourth-order valence-electron chi connectivity index (χ4n) is 3.92. The average Bonchev–Trinajstić information content (AvgIpc) is 3.12. The van der Waals surface area contributed by atoms with Crippen molar-refractivity contribution in [2.45, 2.75) is 51.0 Å². The smallest absolute Gasteiger partial charge is 0.225 e. The Balaban J connectivity index is 1.34. The second-order valence-corrected chi connectivity index (χ2v) is 6.90. The van der Waals surface area contributed by atoms with Crippen LogP contribution in [-0.4, -0.2) is 49.9 Å². The third kappa shape index (κ3) is 3.07. The van der Waals surface area contributed by atoms with Gasteiger partial charge in [0.2, 0.25) is 5.91 Å². The molecule has 2 aromatic heterocycles. The third-order valence-electron chi connectivity index (χ3n) is 5.32. The van der Waals surface area contributed by atoms with E-state index in [2.05, 4.69) is 30.2 Å². The number of aromatic amines is 1. The minimum Gasteiger partial charge on any atom is -0.365 e. The van der Waals surface area contributed by atoms with Crippen molar-refractivity contribution in [3.8, 4) is 0 Å². The molecule has 1 aliphatic heterocycles. The predicted molar refractivity (Wildman–Crippen MR) is 91.5 cm³/mol. The Labute approximate surface area is 141 Å². The Morgan fingerprint density at radius 1 is 1.08 bits per heavy atom. The molecule has 3 heterocycles. The second-order valence-electron chi connectivity index (χ2n) is 6.90. The maximum Gasteiger partial charge on any atom is 0.225 e. The minimum absolute atomic E-state index is 0.273. The highest BCUT2D eigenvalue weighted by atomic mass is 16.2. The molecule has 128 valence electrons. The van der Waals surface area contributed by atoms with Crippen molar-refractivity contribution in [1.29, 1.82) is 0 Å². The van der Waals surface area contributed by atoms with Gasteiger partial charge in [-0.25, -0.2) is 15.0 Å². The van der Waals surface area contributed by atoms with Crippen molar-refractivity contribution < 1.29 is 4.79 Å². The largest absolute Gasteiger partial charge is 0.365 e. The first-order chi connectivity index (χ1) is 11.8. The van der Waals surface area contributed by atoms with Gasteiger partial charge in [0.15, 0.2) is 11.5 Å². The Morgan fingerprint density at radius 3 is 2.67 bits per heavy atom. The minimum atomic E-state index is 0.273. The number of imidazole rings is 1. The molecule has 1 saturated carbocycles. The van der Waals surface area contributed by atoms with Crippen LogP contribution in [0.2, 0.25) is 0 Å². The van der Waals surface area contributed by atoms with Crippen molar-refractivity contribution >= 4 is 22.9 Å². The van der Waals surface area contributed by atoms with Crippen LogP contribution in [0.25, 0.3) is 11.2 Å². The zero-order chi connectivity index (χ0) is 16.4. The van der Waals surface area contributed by atoms with E-state index in [1.165, 1.54) is 25.6 Å². The van der Waals surface area contributed by atoms with Gasteiger partial charge in [0.05, 0.1) is 6.33 Å². The molecule has 4 rings (SSSR count). The molecule has 7 heteroatoms. The molecule has 2 fully saturated rings. The number of nitrogens with one attached hydrogen (secondary N) is 2. The Morgan fingerprint density at radius 2 is 1.88 bits per heavy atom. The molecule has 0 unspecified atom stereocenters. The van der Waals surface area contributed by atoms with E-state index in [1.54, 1.807) is 6.33 Å². The van der Waals surface area contributed by atoms with Gasteiger partial charge in [0, 0.05) is 25.0 Å². The van der Waals surface area contributed by atoms with Crippen LogP contribution in [-0.2, 0) is 4.79 Å². The standard InChI is InChI=1S/C17H24N6O/c24-17(12-4-2-1-3-5-12)23-8-6-13(7-9-23)22-16-14-15(19-10-18-14)20-11-21-16/h10-13H,1-9H2,(H2,18,19,20,21,22). The van der Waals surface area contributed by atoms with Gasteiger partial charge in [0.1, 0.15) is 11.8 Å². The van der Waals surface area contributed by atoms with E-state index < -0.39 is 0 Å². The van der Waals surface area contributed by atoms with E-state index >= 15 is 0 Å². The average molecular weight is 328 g/mol. The van der Waals surface area contributed by atoms with Gasteiger partial charge in [0.25, 0.3) is 0 Å². The molecular weight excluding hydrogens is 304 g/mol. The molecule has 2 aromatic rings. The number of anilines is 1. The van der Waals surface area contributed by atoms with Crippen LogP contribution in [0.15, 0.2) is 12.7 Å². The number of carbonyl (C=O) groups is 1. The summed E-state index contributed by atoms with van der Waals surface area (Å²) in [5, 5.41) is 3.49. The molecule has 1 aliphatic carbocycles. The van der Waals surface area contributed by atoms with E-state index in [0.717, 1.165) is 50.1 Å². The SMILES string of the molecule is O=C(C1CCCCC1)N1CCC(Nc2ncnc3nc[nH]c23)CC1. The summed E-state index contributed by atoms with van der Waals surface area (Å²) in [7, 11) is 0. The highest BCUT2D eigenvalue weighted by Gasteiger charge is 2.29. The van der Waals surface area contributed by atoms with Crippen LogP contribution in [0, 0.1) is 5.92 Å². The summed E-state index contributed by atoms with van der Waals surface area (Å²) in [4.78, 5) is 30.4. The van der Waals surface area contributed by atoms with Gasteiger partial charge in [-0.3, -0.25) is 4.79 Å². The van der Waals surface area contributed by atoms with Gasteiger partial charge in [-0.1, -0.05) is 19.3 Å². The lowest BCUT2D eigenvalue weighted by Crippen LogP contribution is -2.45. The van der Waals surface area contributed by atoms with Crippen LogP contribution < -0.4 is 5.32 Å². The van der Waals surface area contributed by atoms with Crippen molar-refractivity contribution in [2.75, 3.05) is 18.4 Å². The Kier molecular flexibility index (Phi) is 4.32. The molecule has 0 bridgehead atoms. The van der Waals surface area contributed by atoms with Crippen LogP contribution in [0.4, 0.5) is 5.82 Å². The molecule has 1 amide bonds. The first kappa shape index (κ1) is 15.4. The highest BCUT2D eigenvalue weighted by Crippen LogP contribution is 2.27. The Hall–Kier alpha value is -2.18. The van der Waals surface area contributed by atoms with E-state index in [0.29, 0.717) is 17.6 Å². The van der Waals surface area contributed by atoms with Crippen LogP contribution >= 0.6 is 0 Å². The second kappa shape index (κ2) is 6.75. The van der Waals surface area contributed by atoms with Crippen molar-refractivity contribution in [3.05, 3.63) is 12.7 Å². The van der Waals surface area contributed by atoms with Gasteiger partial charge >= 0.3 is 0 Å². The van der Waals surface area contributed by atoms with E-state index in [4.69, 9.17) is 0 Å². The lowest BCUT2D eigenvalue weighted by atomic mass is 9.87. The van der Waals surface area contributed by atoms with Crippen molar-refractivity contribution in [1.82, 2.24) is 24.8 Å². The summed E-state index contributed by atoms with van der Waals surface area (Å²) in [6.07, 6.45) is 11.0. The predicted octanol–water partition coefficient (Wildman–Crippen LogP) is 2.34. The van der Waals surface area contributed by atoms with Gasteiger partial charge in [-0.05, 0) is 25.7 Å². The molecule has 24 heavy (non-hydrogen) atoms. The first-order valence-electron chi connectivity index (χ1n) is 9.00. The van der Waals surface area contributed by atoms with Crippen LogP contribution in [0.3, 0.4) is 0 Å². The Bertz CT molecular complexity index is 700. The summed E-state index contributed by atoms with van der Waals surface area (Å²) in [6, 6.07) is 0.335. The number of piperidine rings is 1. The zero-order valence-corrected chi connectivity index (χ0v) is 13.9. The van der Waals surface area contributed by atoms with Gasteiger partial charge < -0.3 is 15.2 Å². The first-order valence-corrected chi connectivity index (χ1v) is 9.00. The number of nitrogens with zero attached hydrogens (tertiary/aromatic N) is 4. The maximum atomic E-state index is 12.6. The summed E-state index contributed by atoms with van der Waals surface area (Å²) < 4.78 is 0. The lowest BCUT2D eigenvalue weighted by molar-refractivity contribution is -0.137. The summed E-state index contributed by atoms with van der Waals surface area (Å²) in [5.41, 5.74) is 1.52. The fraction of sp³-hybridized carbons (Fsp3) is 0.647. The number of likely N-dealkylation sites (tertiary alicyclic amines) is 1. The molecule has 7 nitrogen and oxygen atoms in total. The van der Waals surface area contributed by atoms with E-state index in [-0.39, 0.29) is 5.92 Å². The van der Waals surface area contributed by atoms with E-state index in [1.807, 2.05) is 0 Å². The van der Waals surface area contributed by atoms with Crippen molar-refractivity contribution in [3.63, 3.8) is 0 Å². The van der Waals surface area contributed by atoms with Crippen molar-refractivity contribution in [2.24, 2.45) is 5.92 Å². The number of H-pyrrole nitrogens is 1. The molecule has 0 spiro atoms. The number of rotatable bonds is 3. The normalized spacial score (nSPS) is 20.4. The fourth-order valence-corrected chi connectivity index (χ4v) is 3.92.